The van der Waals surface area contributed by atoms with Gasteiger partial charge in [0.25, 0.3) is 0 Å². The van der Waals surface area contributed by atoms with Crippen molar-refractivity contribution in [1.82, 2.24) is 14.7 Å². The minimum absolute atomic E-state index is 0.189. The van der Waals surface area contributed by atoms with Crippen LogP contribution in [0.2, 0.25) is 0 Å². The molecule has 5 heteroatoms. The lowest BCUT2D eigenvalue weighted by Crippen LogP contribution is -2.55. The Kier molecular flexibility index (Phi) is 6.10. The number of carbonyl (C=O) groups excluding carboxylic acids is 1. The molecule has 1 saturated carbocycles. The van der Waals surface area contributed by atoms with E-state index in [4.69, 9.17) is 0 Å². The Morgan fingerprint density at radius 3 is 2.44 bits per heavy atom. The first-order valence-electron chi connectivity index (χ1n) is 9.58. The molecular weight excluding hydrogens is 314 g/mol. The Labute approximate surface area is 151 Å². The number of nitrogens with zero attached hydrogens (tertiary/aromatic N) is 3. The lowest BCUT2D eigenvalue weighted by molar-refractivity contribution is -0.139. The molecule has 1 heterocycles. The number of hydrogen-bond acceptors (Lipinski definition) is 4. The predicted molar refractivity (Wildman–Crippen MR) is 99.3 cm³/mol. The summed E-state index contributed by atoms with van der Waals surface area (Å²) in [4.78, 5) is 19.7. The quantitative estimate of drug-likeness (QED) is 0.883. The number of aliphatic hydroxyl groups excluding tert-OH is 1. The van der Waals surface area contributed by atoms with E-state index in [1.807, 2.05) is 42.3 Å². The van der Waals surface area contributed by atoms with Crippen molar-refractivity contribution in [3.63, 3.8) is 0 Å². The molecule has 2 aliphatic rings. The average molecular weight is 345 g/mol. The molecule has 0 spiro atoms. The van der Waals surface area contributed by atoms with Gasteiger partial charge in [-0.2, -0.15) is 0 Å². The molecule has 0 aromatic heterocycles. The van der Waals surface area contributed by atoms with Gasteiger partial charge in [0.15, 0.2) is 0 Å². The van der Waals surface area contributed by atoms with Gasteiger partial charge in [0, 0.05) is 32.2 Å². The maximum Gasteiger partial charge on any atom is 0.244 e. The average Bonchev–Trinajstić information content (AvgIpc) is 3.08. The molecule has 25 heavy (non-hydrogen) atoms. The van der Waals surface area contributed by atoms with Crippen molar-refractivity contribution in [1.29, 1.82) is 0 Å². The molecule has 3 unspecified atom stereocenters. The molecule has 1 aromatic carbocycles. The van der Waals surface area contributed by atoms with E-state index in [1.54, 1.807) is 0 Å². The monoisotopic (exact) mass is 345 g/mol. The Morgan fingerprint density at radius 2 is 1.88 bits per heavy atom. The molecule has 3 atom stereocenters. The number of benzene rings is 1. The number of carbonyl (C=O) groups is 1. The third-order valence-electron chi connectivity index (χ3n) is 5.83. The van der Waals surface area contributed by atoms with Crippen molar-refractivity contribution in [2.24, 2.45) is 0 Å². The van der Waals surface area contributed by atoms with Gasteiger partial charge in [-0.05, 0) is 38.4 Å². The van der Waals surface area contributed by atoms with Crippen LogP contribution in [0.4, 0.5) is 0 Å². The van der Waals surface area contributed by atoms with Crippen LogP contribution in [0.5, 0.6) is 0 Å². The van der Waals surface area contributed by atoms with E-state index in [-0.39, 0.29) is 18.1 Å². The van der Waals surface area contributed by atoms with Crippen molar-refractivity contribution in [2.75, 3.05) is 39.8 Å². The topological polar surface area (TPSA) is 47.0 Å². The van der Waals surface area contributed by atoms with Gasteiger partial charge in [-0.25, -0.2) is 0 Å². The highest BCUT2D eigenvalue weighted by Crippen LogP contribution is 2.27. The summed E-state index contributed by atoms with van der Waals surface area (Å²) in [5, 5.41) is 10.1. The summed E-state index contributed by atoms with van der Waals surface area (Å²) in [6.45, 7) is 6.16. The van der Waals surface area contributed by atoms with Crippen LogP contribution in [0.1, 0.15) is 37.8 Å². The van der Waals surface area contributed by atoms with Gasteiger partial charge >= 0.3 is 0 Å². The summed E-state index contributed by atoms with van der Waals surface area (Å²) in [6, 6.07) is 10.1. The minimum Gasteiger partial charge on any atom is -0.391 e. The molecule has 1 N–H and O–H groups in total. The van der Waals surface area contributed by atoms with Gasteiger partial charge in [-0.3, -0.25) is 14.6 Å². The zero-order valence-corrected chi connectivity index (χ0v) is 15.5. The molecule has 138 valence electrons. The highest BCUT2D eigenvalue weighted by atomic mass is 16.3. The van der Waals surface area contributed by atoms with Crippen molar-refractivity contribution < 1.29 is 9.90 Å². The van der Waals surface area contributed by atoms with Crippen LogP contribution in [0, 0.1) is 0 Å². The highest BCUT2D eigenvalue weighted by Gasteiger charge is 2.35. The highest BCUT2D eigenvalue weighted by molar-refractivity contribution is 5.83. The van der Waals surface area contributed by atoms with E-state index in [2.05, 4.69) is 16.7 Å². The Morgan fingerprint density at radius 1 is 1.20 bits per heavy atom. The number of amides is 1. The Balaban J connectivity index is 1.65. The summed E-state index contributed by atoms with van der Waals surface area (Å²) < 4.78 is 0. The van der Waals surface area contributed by atoms with E-state index in [0.717, 1.165) is 57.5 Å². The maximum absolute atomic E-state index is 13.2. The second-order valence-electron chi connectivity index (χ2n) is 7.31. The van der Waals surface area contributed by atoms with Crippen LogP contribution >= 0.6 is 0 Å². The van der Waals surface area contributed by atoms with E-state index in [0.29, 0.717) is 6.04 Å². The number of aliphatic hydroxyl groups is 1. The summed E-state index contributed by atoms with van der Waals surface area (Å²) in [5.74, 6) is 0.196. The zero-order valence-electron chi connectivity index (χ0n) is 15.5. The lowest BCUT2D eigenvalue weighted by Gasteiger charge is -2.41. The summed E-state index contributed by atoms with van der Waals surface area (Å²) in [5.41, 5.74) is 1.06. The first-order chi connectivity index (χ1) is 12.1. The van der Waals surface area contributed by atoms with E-state index in [1.165, 1.54) is 0 Å². The molecule has 0 radical (unpaired) electrons. The molecule has 0 bridgehead atoms. The normalized spacial score (nSPS) is 26.2. The Hall–Kier alpha value is -1.43. The van der Waals surface area contributed by atoms with Crippen molar-refractivity contribution in [3.05, 3.63) is 35.9 Å². The van der Waals surface area contributed by atoms with Crippen molar-refractivity contribution >= 4 is 5.91 Å². The second kappa shape index (κ2) is 8.30. The van der Waals surface area contributed by atoms with Crippen LogP contribution in [0.3, 0.4) is 0 Å². The first-order valence-corrected chi connectivity index (χ1v) is 9.58. The largest absolute Gasteiger partial charge is 0.391 e. The van der Waals surface area contributed by atoms with Crippen molar-refractivity contribution in [3.8, 4) is 0 Å². The fourth-order valence-electron chi connectivity index (χ4n) is 4.20. The first kappa shape index (κ1) is 18.4. The smallest absolute Gasteiger partial charge is 0.244 e. The van der Waals surface area contributed by atoms with Gasteiger partial charge in [0.1, 0.15) is 6.04 Å². The van der Waals surface area contributed by atoms with Crippen LogP contribution in [-0.4, -0.2) is 77.6 Å². The van der Waals surface area contributed by atoms with E-state index in [9.17, 15) is 9.90 Å². The molecule has 1 aromatic rings. The fraction of sp³-hybridized carbons (Fsp3) is 0.650. The minimum atomic E-state index is -0.213. The van der Waals surface area contributed by atoms with Gasteiger partial charge < -0.3 is 10.0 Å². The number of hydrogen-bond donors (Lipinski definition) is 1. The lowest BCUT2D eigenvalue weighted by atomic mass is 10.0. The number of piperazine rings is 1. The molecular formula is C20H31N3O2. The standard InChI is InChI=1S/C20H31N3O2/c1-3-21(2)19(16-8-5-4-6-9-16)20(25)23-14-12-22(13-15-23)17-10-7-11-18(17)24/h4-6,8-9,17-19,24H,3,7,10-15H2,1-2H3. The second-order valence-corrected chi connectivity index (χ2v) is 7.31. The molecule has 5 nitrogen and oxygen atoms in total. The summed E-state index contributed by atoms with van der Waals surface area (Å²) in [6.07, 6.45) is 2.93. The van der Waals surface area contributed by atoms with Gasteiger partial charge in [-0.15, -0.1) is 0 Å². The molecule has 1 saturated heterocycles. The molecule has 2 fully saturated rings. The van der Waals surface area contributed by atoms with E-state index < -0.39 is 0 Å². The van der Waals surface area contributed by atoms with Crippen LogP contribution in [-0.2, 0) is 4.79 Å². The zero-order chi connectivity index (χ0) is 17.8. The predicted octanol–water partition coefficient (Wildman–Crippen LogP) is 1.74. The van der Waals surface area contributed by atoms with Gasteiger partial charge in [0.05, 0.1) is 6.10 Å². The van der Waals surface area contributed by atoms with Crippen molar-refractivity contribution in [2.45, 2.75) is 44.4 Å². The molecule has 3 rings (SSSR count). The van der Waals surface area contributed by atoms with Crippen LogP contribution in [0.15, 0.2) is 30.3 Å². The molecule has 1 aliphatic carbocycles. The molecule has 1 aliphatic heterocycles. The van der Waals surface area contributed by atoms with Gasteiger partial charge in [-0.1, -0.05) is 37.3 Å². The Bertz CT molecular complexity index is 557. The van der Waals surface area contributed by atoms with Crippen LogP contribution < -0.4 is 0 Å². The third-order valence-corrected chi connectivity index (χ3v) is 5.83. The third kappa shape index (κ3) is 4.05. The number of likely N-dealkylation sites (N-methyl/N-ethyl adjacent to an activating group) is 1. The van der Waals surface area contributed by atoms with E-state index >= 15 is 0 Å². The summed E-state index contributed by atoms with van der Waals surface area (Å²) >= 11 is 0. The number of rotatable bonds is 5. The SMILES string of the molecule is CCN(C)C(C(=O)N1CCN(C2CCCC2O)CC1)c1ccccc1. The summed E-state index contributed by atoms with van der Waals surface area (Å²) in [7, 11) is 2.01. The maximum atomic E-state index is 13.2. The van der Waals surface area contributed by atoms with Crippen LogP contribution in [0.25, 0.3) is 0 Å². The van der Waals surface area contributed by atoms with Gasteiger partial charge in [0.2, 0.25) is 5.91 Å². The fourth-order valence-corrected chi connectivity index (χ4v) is 4.20. The molecule has 1 amide bonds.